The van der Waals surface area contributed by atoms with Gasteiger partial charge in [0.1, 0.15) is 0 Å². The monoisotopic (exact) mass is 348 g/mol. The fourth-order valence-corrected chi connectivity index (χ4v) is 4.16. The van der Waals surface area contributed by atoms with Gasteiger partial charge < -0.3 is 0 Å². The Hall–Kier alpha value is -2.49. The number of para-hydroxylation sites is 1. The van der Waals surface area contributed by atoms with Gasteiger partial charge in [0.05, 0.1) is 11.2 Å². The number of hydrogen-bond donors (Lipinski definition) is 0. The molecule has 116 valence electrons. The van der Waals surface area contributed by atoms with E-state index in [1.807, 2.05) is 36.4 Å². The summed E-state index contributed by atoms with van der Waals surface area (Å²) in [4.78, 5) is 8.86. The third-order valence-corrected chi connectivity index (χ3v) is 5.14. The smallest absolute Gasteiger partial charge is 0.218 e. The van der Waals surface area contributed by atoms with Crippen LogP contribution in [-0.4, -0.2) is 9.97 Å². The molecule has 2 aromatic carbocycles. The number of nitrogens with zero attached hydrogens (tertiary/aromatic N) is 2. The molecule has 0 bridgehead atoms. The number of rotatable bonds is 2. The van der Waals surface area contributed by atoms with Crippen molar-refractivity contribution in [3.05, 3.63) is 70.2 Å². The van der Waals surface area contributed by atoms with Gasteiger partial charge in [-0.1, -0.05) is 55.6 Å². The Labute approximate surface area is 148 Å². The SMILES string of the molecule is C=C/C=c1\c(=C)sc2cccc(-c3nc(Cl)nc4ccccc34)c12. The highest BCUT2D eigenvalue weighted by atomic mass is 35.5. The molecule has 0 saturated carbocycles. The molecule has 0 atom stereocenters. The summed E-state index contributed by atoms with van der Waals surface area (Å²) in [6, 6.07) is 14.1. The number of allylic oxidation sites excluding steroid dienone is 1. The van der Waals surface area contributed by atoms with Crippen LogP contribution in [0.5, 0.6) is 0 Å². The summed E-state index contributed by atoms with van der Waals surface area (Å²) in [5.41, 5.74) is 2.71. The Balaban J connectivity index is 2.22. The number of benzene rings is 2. The Morgan fingerprint density at radius 1 is 1.04 bits per heavy atom. The van der Waals surface area contributed by atoms with E-state index in [2.05, 4.69) is 35.3 Å². The molecule has 0 saturated heterocycles. The van der Waals surface area contributed by atoms with Crippen molar-refractivity contribution in [1.82, 2.24) is 9.97 Å². The van der Waals surface area contributed by atoms with Gasteiger partial charge in [0.2, 0.25) is 5.28 Å². The number of thiophene rings is 1. The summed E-state index contributed by atoms with van der Waals surface area (Å²) in [6.07, 6.45) is 3.79. The normalized spacial score (nSPS) is 12.1. The van der Waals surface area contributed by atoms with E-state index in [-0.39, 0.29) is 5.28 Å². The van der Waals surface area contributed by atoms with Crippen LogP contribution < -0.4 is 9.75 Å². The van der Waals surface area contributed by atoms with Crippen LogP contribution in [0, 0.1) is 0 Å². The topological polar surface area (TPSA) is 25.8 Å². The van der Waals surface area contributed by atoms with Crippen molar-refractivity contribution in [2.45, 2.75) is 0 Å². The summed E-state index contributed by atoms with van der Waals surface area (Å²) in [5.74, 6) is 0. The minimum absolute atomic E-state index is 0.250. The molecule has 0 amide bonds. The minimum Gasteiger partial charge on any atom is -0.218 e. The molecule has 24 heavy (non-hydrogen) atoms. The molecule has 0 aliphatic carbocycles. The van der Waals surface area contributed by atoms with Gasteiger partial charge in [-0.25, -0.2) is 9.97 Å². The van der Waals surface area contributed by atoms with E-state index >= 15 is 0 Å². The van der Waals surface area contributed by atoms with E-state index < -0.39 is 0 Å². The van der Waals surface area contributed by atoms with Gasteiger partial charge in [-0.15, -0.1) is 11.3 Å². The Bertz CT molecular complexity index is 1210. The fourth-order valence-electron chi connectivity index (χ4n) is 2.97. The first-order chi connectivity index (χ1) is 11.7. The van der Waals surface area contributed by atoms with Crippen molar-refractivity contribution in [1.29, 1.82) is 0 Å². The highest BCUT2D eigenvalue weighted by molar-refractivity contribution is 7.17. The number of aromatic nitrogens is 2. The molecular weight excluding hydrogens is 336 g/mol. The second kappa shape index (κ2) is 5.86. The molecule has 2 aromatic heterocycles. The Morgan fingerprint density at radius 3 is 2.71 bits per heavy atom. The first kappa shape index (κ1) is 15.1. The molecule has 0 radical (unpaired) electrons. The van der Waals surface area contributed by atoms with Gasteiger partial charge in [0.15, 0.2) is 0 Å². The quantitative estimate of drug-likeness (QED) is 0.497. The number of fused-ring (bicyclic) bond motifs is 2. The van der Waals surface area contributed by atoms with Gasteiger partial charge in [0.25, 0.3) is 0 Å². The maximum absolute atomic E-state index is 6.18. The van der Waals surface area contributed by atoms with Crippen LogP contribution in [0.2, 0.25) is 5.28 Å². The van der Waals surface area contributed by atoms with Crippen LogP contribution >= 0.6 is 22.9 Å². The van der Waals surface area contributed by atoms with Crippen LogP contribution in [0.4, 0.5) is 0 Å². The predicted molar refractivity (Wildman–Crippen MR) is 105 cm³/mol. The first-order valence-corrected chi connectivity index (χ1v) is 8.64. The van der Waals surface area contributed by atoms with Crippen molar-refractivity contribution in [2.75, 3.05) is 0 Å². The Kier molecular flexibility index (Phi) is 3.68. The van der Waals surface area contributed by atoms with Crippen molar-refractivity contribution in [3.63, 3.8) is 0 Å². The van der Waals surface area contributed by atoms with E-state index in [1.165, 1.54) is 4.70 Å². The second-order valence-corrected chi connectivity index (χ2v) is 6.85. The molecule has 0 aliphatic rings. The maximum Gasteiger partial charge on any atom is 0.223 e. The molecule has 0 aliphatic heterocycles. The fraction of sp³-hybridized carbons (Fsp3) is 0. The number of halogens is 1. The van der Waals surface area contributed by atoms with Crippen molar-refractivity contribution in [2.24, 2.45) is 0 Å². The highest BCUT2D eigenvalue weighted by Gasteiger charge is 2.13. The van der Waals surface area contributed by atoms with Crippen LogP contribution in [0.3, 0.4) is 0 Å². The van der Waals surface area contributed by atoms with E-state index in [0.717, 1.165) is 37.3 Å². The molecule has 4 rings (SSSR count). The van der Waals surface area contributed by atoms with Crippen LogP contribution in [0.25, 0.3) is 44.9 Å². The van der Waals surface area contributed by atoms with Crippen LogP contribution in [0.1, 0.15) is 0 Å². The lowest BCUT2D eigenvalue weighted by Gasteiger charge is -2.08. The van der Waals surface area contributed by atoms with Gasteiger partial charge in [-0.2, -0.15) is 0 Å². The van der Waals surface area contributed by atoms with Gasteiger partial charge in [-0.3, -0.25) is 0 Å². The summed E-state index contributed by atoms with van der Waals surface area (Å²) < 4.78 is 2.19. The number of hydrogen-bond acceptors (Lipinski definition) is 3. The third kappa shape index (κ3) is 2.33. The highest BCUT2D eigenvalue weighted by Crippen LogP contribution is 2.32. The molecule has 4 heteroatoms. The summed E-state index contributed by atoms with van der Waals surface area (Å²) in [7, 11) is 0. The predicted octanol–water partition coefficient (Wildman–Crippen LogP) is 4.54. The molecule has 0 N–H and O–H groups in total. The lowest BCUT2D eigenvalue weighted by molar-refractivity contribution is 1.23. The zero-order chi connectivity index (χ0) is 16.7. The van der Waals surface area contributed by atoms with Crippen LogP contribution in [-0.2, 0) is 0 Å². The molecule has 4 aromatic rings. The Morgan fingerprint density at radius 2 is 1.88 bits per heavy atom. The average Bonchev–Trinajstić information content (AvgIpc) is 2.90. The zero-order valence-electron chi connectivity index (χ0n) is 12.8. The standard InChI is InChI=1S/C20H13ClN2S/c1-3-7-13-12(2)24-17-11-6-9-15(18(13)17)19-14-8-4-5-10-16(14)22-20(21)23-19/h3-11H,1-2H2/b13-7+. The van der Waals surface area contributed by atoms with Gasteiger partial charge >= 0.3 is 0 Å². The lowest BCUT2D eigenvalue weighted by atomic mass is 10.0. The molecular formula is C20H13ClN2S. The minimum atomic E-state index is 0.250. The lowest BCUT2D eigenvalue weighted by Crippen LogP contribution is -2.16. The summed E-state index contributed by atoms with van der Waals surface area (Å²) in [5, 5.41) is 3.45. The average molecular weight is 349 g/mol. The molecule has 0 unspecified atom stereocenters. The van der Waals surface area contributed by atoms with Crippen molar-refractivity contribution in [3.8, 4) is 11.3 Å². The van der Waals surface area contributed by atoms with Crippen molar-refractivity contribution < 1.29 is 0 Å². The first-order valence-electron chi connectivity index (χ1n) is 7.45. The molecule has 0 spiro atoms. The van der Waals surface area contributed by atoms with Crippen molar-refractivity contribution >= 4 is 56.6 Å². The maximum atomic E-state index is 6.18. The van der Waals surface area contributed by atoms with E-state index in [1.54, 1.807) is 17.4 Å². The van der Waals surface area contributed by atoms with Gasteiger partial charge in [0, 0.05) is 30.8 Å². The summed E-state index contributed by atoms with van der Waals surface area (Å²) >= 11 is 7.85. The van der Waals surface area contributed by atoms with E-state index in [4.69, 9.17) is 11.6 Å². The summed E-state index contributed by atoms with van der Waals surface area (Å²) in [6.45, 7) is 8.00. The van der Waals surface area contributed by atoms with E-state index in [9.17, 15) is 0 Å². The van der Waals surface area contributed by atoms with Gasteiger partial charge in [-0.05, 0) is 23.7 Å². The van der Waals surface area contributed by atoms with Crippen LogP contribution in [0.15, 0.2) is 55.1 Å². The second-order valence-electron chi connectivity index (χ2n) is 5.38. The molecule has 2 nitrogen and oxygen atoms in total. The van der Waals surface area contributed by atoms with E-state index in [0.29, 0.717) is 0 Å². The zero-order valence-corrected chi connectivity index (χ0v) is 14.4. The molecule has 0 fully saturated rings. The largest absolute Gasteiger partial charge is 0.223 e. The molecule has 2 heterocycles. The third-order valence-electron chi connectivity index (χ3n) is 3.94.